The number of thioether (sulfide) groups is 1. The number of alkyl halides is 3. The number of nitrogens with two attached hydrogens (primary N) is 1. The molecule has 0 amide bonds. The molecule has 1 aromatic rings. The molecule has 90 valence electrons. The zero-order chi connectivity index (χ0) is 12.2. The average molecular weight is 249 g/mol. The highest BCUT2D eigenvalue weighted by molar-refractivity contribution is 7.99. The van der Waals surface area contributed by atoms with Gasteiger partial charge in [0, 0.05) is 4.90 Å². The van der Waals surface area contributed by atoms with Gasteiger partial charge < -0.3 is 5.73 Å². The number of halogens is 3. The highest BCUT2D eigenvalue weighted by Crippen LogP contribution is 2.37. The van der Waals surface area contributed by atoms with Gasteiger partial charge >= 0.3 is 6.18 Å². The second kappa shape index (κ2) is 5.59. The third kappa shape index (κ3) is 3.42. The first-order valence-corrected chi connectivity index (χ1v) is 6.00. The molecule has 1 nitrogen and oxygen atoms in total. The first kappa shape index (κ1) is 13.4. The summed E-state index contributed by atoms with van der Waals surface area (Å²) in [6.07, 6.45) is -3.82. The van der Waals surface area contributed by atoms with Crippen molar-refractivity contribution in [2.45, 2.75) is 24.4 Å². The fraction of sp³-hybridized carbons (Fsp3) is 0.455. The van der Waals surface area contributed by atoms with Gasteiger partial charge in [-0.25, -0.2) is 0 Å². The minimum atomic E-state index is -4.29. The largest absolute Gasteiger partial charge is 0.417 e. The normalized spacial score (nSPS) is 11.8. The number of rotatable bonds is 4. The number of hydrogen-bond acceptors (Lipinski definition) is 2. The van der Waals surface area contributed by atoms with E-state index in [2.05, 4.69) is 0 Å². The van der Waals surface area contributed by atoms with Crippen LogP contribution in [0.1, 0.15) is 18.1 Å². The predicted octanol–water partition coefficient (Wildman–Crippen LogP) is 3.32. The molecule has 1 aromatic carbocycles. The Balaban J connectivity index is 3.11. The molecule has 0 aliphatic rings. The van der Waals surface area contributed by atoms with E-state index in [1.807, 2.05) is 6.92 Å². The summed E-state index contributed by atoms with van der Waals surface area (Å²) in [5, 5.41) is 0. The minimum Gasteiger partial charge on any atom is -0.330 e. The van der Waals surface area contributed by atoms with E-state index in [9.17, 15) is 13.2 Å². The summed E-state index contributed by atoms with van der Waals surface area (Å²) in [4.78, 5) is 0.288. The van der Waals surface area contributed by atoms with Crippen molar-refractivity contribution < 1.29 is 13.2 Å². The topological polar surface area (TPSA) is 26.0 Å². The fourth-order valence-corrected chi connectivity index (χ4v) is 2.21. The molecule has 16 heavy (non-hydrogen) atoms. The van der Waals surface area contributed by atoms with Crippen molar-refractivity contribution in [3.8, 4) is 0 Å². The molecule has 0 aliphatic heterocycles. The average Bonchev–Trinajstić information content (AvgIpc) is 2.19. The smallest absolute Gasteiger partial charge is 0.330 e. The lowest BCUT2D eigenvalue weighted by Crippen LogP contribution is -2.09. The van der Waals surface area contributed by atoms with Gasteiger partial charge in [-0.1, -0.05) is 13.0 Å². The molecule has 0 aromatic heterocycles. The third-order valence-corrected chi connectivity index (χ3v) is 3.04. The van der Waals surface area contributed by atoms with Crippen LogP contribution in [0.5, 0.6) is 0 Å². The molecule has 0 unspecified atom stereocenters. The van der Waals surface area contributed by atoms with E-state index < -0.39 is 11.7 Å². The Morgan fingerprint density at radius 1 is 1.31 bits per heavy atom. The van der Waals surface area contributed by atoms with Gasteiger partial charge in [0.15, 0.2) is 0 Å². The summed E-state index contributed by atoms with van der Waals surface area (Å²) in [7, 11) is 0. The van der Waals surface area contributed by atoms with E-state index in [0.717, 1.165) is 0 Å². The summed E-state index contributed by atoms with van der Waals surface area (Å²) < 4.78 is 38.2. The van der Waals surface area contributed by atoms with E-state index in [0.29, 0.717) is 24.3 Å². The SMILES string of the molecule is CCSc1ccc(CCN)cc1C(F)(F)F. The van der Waals surface area contributed by atoms with E-state index >= 15 is 0 Å². The van der Waals surface area contributed by atoms with Crippen LogP contribution in [0.4, 0.5) is 13.2 Å². The Labute approximate surface area is 97.2 Å². The molecule has 0 heterocycles. The summed E-state index contributed by atoms with van der Waals surface area (Å²) in [6.45, 7) is 2.19. The molecular formula is C11H14F3NS. The van der Waals surface area contributed by atoms with Crippen LogP contribution in [0, 0.1) is 0 Å². The molecule has 0 bridgehead atoms. The van der Waals surface area contributed by atoms with Crippen molar-refractivity contribution in [1.82, 2.24) is 0 Å². The monoisotopic (exact) mass is 249 g/mol. The summed E-state index contributed by atoms with van der Waals surface area (Å²) >= 11 is 1.20. The van der Waals surface area contributed by atoms with Crippen molar-refractivity contribution in [3.63, 3.8) is 0 Å². The Hall–Kier alpha value is -0.680. The van der Waals surface area contributed by atoms with Crippen molar-refractivity contribution in [2.75, 3.05) is 12.3 Å². The summed E-state index contributed by atoms with van der Waals surface area (Å²) in [5.74, 6) is 0.624. The van der Waals surface area contributed by atoms with Gasteiger partial charge in [-0.15, -0.1) is 11.8 Å². The van der Waals surface area contributed by atoms with Gasteiger partial charge in [-0.3, -0.25) is 0 Å². The lowest BCUT2D eigenvalue weighted by atomic mass is 10.1. The van der Waals surface area contributed by atoms with E-state index in [-0.39, 0.29) is 4.90 Å². The maximum Gasteiger partial charge on any atom is 0.417 e. The lowest BCUT2D eigenvalue weighted by molar-refractivity contribution is -0.139. The van der Waals surface area contributed by atoms with Crippen LogP contribution in [-0.4, -0.2) is 12.3 Å². The van der Waals surface area contributed by atoms with Gasteiger partial charge in [0.2, 0.25) is 0 Å². The van der Waals surface area contributed by atoms with Crippen molar-refractivity contribution in [1.29, 1.82) is 0 Å². The molecular weight excluding hydrogens is 235 g/mol. The second-order valence-electron chi connectivity index (χ2n) is 3.30. The predicted molar refractivity (Wildman–Crippen MR) is 60.6 cm³/mol. The van der Waals surface area contributed by atoms with Crippen LogP contribution >= 0.6 is 11.8 Å². The molecule has 0 saturated heterocycles. The van der Waals surface area contributed by atoms with Crippen LogP contribution in [-0.2, 0) is 12.6 Å². The standard InChI is InChI=1S/C11H14F3NS/c1-2-16-10-4-3-8(5-6-15)7-9(10)11(12,13)14/h3-4,7H,2,5-6,15H2,1H3. The zero-order valence-electron chi connectivity index (χ0n) is 8.97. The fourth-order valence-electron chi connectivity index (χ4n) is 1.40. The van der Waals surface area contributed by atoms with E-state index in [1.165, 1.54) is 23.9 Å². The van der Waals surface area contributed by atoms with Crippen LogP contribution in [0.2, 0.25) is 0 Å². The minimum absolute atomic E-state index is 0.288. The number of benzene rings is 1. The second-order valence-corrected chi connectivity index (χ2v) is 4.61. The quantitative estimate of drug-likeness (QED) is 0.828. The van der Waals surface area contributed by atoms with Gasteiger partial charge in [0.05, 0.1) is 5.56 Å². The van der Waals surface area contributed by atoms with Gasteiger partial charge in [-0.05, 0) is 36.4 Å². The lowest BCUT2D eigenvalue weighted by Gasteiger charge is -2.13. The molecule has 0 fully saturated rings. The van der Waals surface area contributed by atoms with Crippen molar-refractivity contribution >= 4 is 11.8 Å². The third-order valence-electron chi connectivity index (χ3n) is 2.08. The maximum absolute atomic E-state index is 12.7. The van der Waals surface area contributed by atoms with Gasteiger partial charge in [-0.2, -0.15) is 13.2 Å². The van der Waals surface area contributed by atoms with Crippen molar-refractivity contribution in [2.24, 2.45) is 5.73 Å². The Kier molecular flexibility index (Phi) is 4.68. The summed E-state index contributed by atoms with van der Waals surface area (Å²) in [6, 6.07) is 4.44. The van der Waals surface area contributed by atoms with Crippen LogP contribution < -0.4 is 5.73 Å². The molecule has 1 rings (SSSR count). The van der Waals surface area contributed by atoms with Crippen LogP contribution in [0.25, 0.3) is 0 Å². The molecule has 0 radical (unpaired) electrons. The summed E-state index contributed by atoms with van der Waals surface area (Å²) in [5.41, 5.74) is 5.41. The zero-order valence-corrected chi connectivity index (χ0v) is 9.79. The van der Waals surface area contributed by atoms with E-state index in [4.69, 9.17) is 5.73 Å². The Bertz CT molecular complexity index is 350. The maximum atomic E-state index is 12.7. The van der Waals surface area contributed by atoms with Crippen molar-refractivity contribution in [3.05, 3.63) is 29.3 Å². The molecule has 0 atom stereocenters. The molecule has 5 heteroatoms. The molecule has 0 saturated carbocycles. The highest BCUT2D eigenvalue weighted by atomic mass is 32.2. The molecule has 0 spiro atoms. The molecule has 2 N–H and O–H groups in total. The number of hydrogen-bond donors (Lipinski definition) is 1. The van der Waals surface area contributed by atoms with Gasteiger partial charge in [0.1, 0.15) is 0 Å². The first-order chi connectivity index (χ1) is 7.49. The first-order valence-electron chi connectivity index (χ1n) is 5.02. The Morgan fingerprint density at radius 2 is 2.00 bits per heavy atom. The van der Waals surface area contributed by atoms with Gasteiger partial charge in [0.25, 0.3) is 0 Å². The Morgan fingerprint density at radius 3 is 2.50 bits per heavy atom. The van der Waals surface area contributed by atoms with Crippen LogP contribution in [0.3, 0.4) is 0 Å². The van der Waals surface area contributed by atoms with Crippen LogP contribution in [0.15, 0.2) is 23.1 Å². The highest BCUT2D eigenvalue weighted by Gasteiger charge is 2.33. The van der Waals surface area contributed by atoms with E-state index in [1.54, 1.807) is 6.07 Å². The molecule has 0 aliphatic carbocycles.